The van der Waals surface area contributed by atoms with Crippen molar-refractivity contribution < 1.29 is 13.2 Å². The summed E-state index contributed by atoms with van der Waals surface area (Å²) in [5.74, 6) is 0.863. The molecule has 1 aromatic rings. The van der Waals surface area contributed by atoms with Gasteiger partial charge < -0.3 is 4.74 Å². The number of hydrogen-bond donors (Lipinski definition) is 0. The molecule has 2 fully saturated rings. The van der Waals surface area contributed by atoms with Crippen LogP contribution in [-0.4, -0.2) is 43.8 Å². The van der Waals surface area contributed by atoms with Gasteiger partial charge in [-0.1, -0.05) is 30.3 Å². The Morgan fingerprint density at radius 3 is 2.55 bits per heavy atom. The molecule has 0 spiro atoms. The van der Waals surface area contributed by atoms with Crippen LogP contribution < -0.4 is 0 Å². The molecule has 2 aliphatic rings. The molecule has 0 amide bonds. The number of nitrogens with zero attached hydrogens (tertiary/aromatic N) is 1. The first-order valence-corrected chi connectivity index (χ1v) is 9.86. The largest absolute Gasteiger partial charge is 0.376 e. The smallest absolute Gasteiger partial charge is 0.214 e. The molecule has 0 N–H and O–H groups in total. The molecule has 0 radical (unpaired) electrons. The van der Waals surface area contributed by atoms with Gasteiger partial charge in [-0.2, -0.15) is 4.31 Å². The Morgan fingerprint density at radius 1 is 1.18 bits per heavy atom. The maximum atomic E-state index is 12.4. The molecule has 3 rings (SSSR count). The SMILES string of the molecule is CCS(=O)(=O)N1CC[C@@H](OCC2CC2)[C@@H]1Cc1ccccc1. The molecule has 122 valence electrons. The fourth-order valence-corrected chi connectivity index (χ4v) is 4.47. The molecule has 5 heteroatoms. The van der Waals surface area contributed by atoms with Crippen LogP contribution in [0, 0.1) is 5.92 Å². The fourth-order valence-electron chi connectivity index (χ4n) is 3.14. The van der Waals surface area contributed by atoms with Crippen molar-refractivity contribution in [3.05, 3.63) is 35.9 Å². The van der Waals surface area contributed by atoms with Gasteiger partial charge in [0.15, 0.2) is 0 Å². The molecule has 1 aromatic carbocycles. The lowest BCUT2D eigenvalue weighted by atomic mass is 10.0. The Morgan fingerprint density at radius 2 is 1.91 bits per heavy atom. The predicted octanol–water partition coefficient (Wildman–Crippen LogP) is 2.45. The van der Waals surface area contributed by atoms with Gasteiger partial charge in [0.25, 0.3) is 0 Å². The zero-order valence-corrected chi connectivity index (χ0v) is 14.0. The molecule has 2 atom stereocenters. The molecule has 1 saturated heterocycles. The van der Waals surface area contributed by atoms with Crippen LogP contribution in [0.5, 0.6) is 0 Å². The normalized spacial score (nSPS) is 26.4. The minimum Gasteiger partial charge on any atom is -0.376 e. The van der Waals surface area contributed by atoms with Crippen LogP contribution in [0.3, 0.4) is 0 Å². The summed E-state index contributed by atoms with van der Waals surface area (Å²) < 4.78 is 32.5. The quantitative estimate of drug-likeness (QED) is 0.774. The first-order chi connectivity index (χ1) is 10.6. The molecule has 1 aliphatic carbocycles. The molecular formula is C17H25NO3S. The summed E-state index contributed by atoms with van der Waals surface area (Å²) in [5.41, 5.74) is 1.17. The lowest BCUT2D eigenvalue weighted by molar-refractivity contribution is 0.0306. The third kappa shape index (κ3) is 3.70. The Hall–Kier alpha value is -0.910. The predicted molar refractivity (Wildman–Crippen MR) is 87.2 cm³/mol. The highest BCUT2D eigenvalue weighted by molar-refractivity contribution is 7.89. The number of benzene rings is 1. The molecule has 0 bridgehead atoms. The summed E-state index contributed by atoms with van der Waals surface area (Å²) in [6.45, 7) is 3.09. The van der Waals surface area contributed by atoms with E-state index in [9.17, 15) is 8.42 Å². The summed E-state index contributed by atoms with van der Waals surface area (Å²) >= 11 is 0. The van der Waals surface area contributed by atoms with Crippen molar-refractivity contribution in [1.82, 2.24) is 4.31 Å². The van der Waals surface area contributed by atoms with Gasteiger partial charge in [-0.05, 0) is 44.1 Å². The van der Waals surface area contributed by atoms with Gasteiger partial charge in [-0.25, -0.2) is 8.42 Å². The van der Waals surface area contributed by atoms with E-state index in [1.54, 1.807) is 11.2 Å². The van der Waals surface area contributed by atoms with E-state index in [-0.39, 0.29) is 17.9 Å². The maximum Gasteiger partial charge on any atom is 0.214 e. The van der Waals surface area contributed by atoms with E-state index in [2.05, 4.69) is 12.1 Å². The van der Waals surface area contributed by atoms with Crippen molar-refractivity contribution in [2.45, 2.75) is 44.8 Å². The number of hydrogen-bond acceptors (Lipinski definition) is 3. The average Bonchev–Trinajstić information content (AvgIpc) is 3.27. The summed E-state index contributed by atoms with van der Waals surface area (Å²) in [5, 5.41) is 0. The molecule has 22 heavy (non-hydrogen) atoms. The average molecular weight is 323 g/mol. The minimum atomic E-state index is -3.17. The number of ether oxygens (including phenoxy) is 1. The van der Waals surface area contributed by atoms with E-state index in [0.717, 1.165) is 19.4 Å². The Bertz CT molecular complexity index is 583. The molecule has 1 aliphatic heterocycles. The Balaban J connectivity index is 1.75. The van der Waals surface area contributed by atoms with Crippen LogP contribution in [-0.2, 0) is 21.2 Å². The van der Waals surface area contributed by atoms with Crippen LogP contribution in [0.1, 0.15) is 31.7 Å². The fraction of sp³-hybridized carbons (Fsp3) is 0.647. The molecule has 0 unspecified atom stereocenters. The van der Waals surface area contributed by atoms with Crippen LogP contribution in [0.2, 0.25) is 0 Å². The Kier molecular flexibility index (Phi) is 4.85. The minimum absolute atomic E-state index is 0.0298. The monoisotopic (exact) mass is 323 g/mol. The van der Waals surface area contributed by atoms with Crippen molar-refractivity contribution in [1.29, 1.82) is 0 Å². The molecule has 1 heterocycles. The second-order valence-corrected chi connectivity index (χ2v) is 8.58. The van der Waals surface area contributed by atoms with Crippen LogP contribution >= 0.6 is 0 Å². The molecular weight excluding hydrogens is 298 g/mol. The second kappa shape index (κ2) is 6.69. The van der Waals surface area contributed by atoms with Crippen molar-refractivity contribution in [3.63, 3.8) is 0 Å². The van der Waals surface area contributed by atoms with E-state index in [4.69, 9.17) is 4.74 Å². The topological polar surface area (TPSA) is 46.6 Å². The van der Waals surface area contributed by atoms with E-state index in [0.29, 0.717) is 12.5 Å². The second-order valence-electron chi connectivity index (χ2n) is 6.37. The van der Waals surface area contributed by atoms with Gasteiger partial charge in [0, 0.05) is 13.2 Å². The molecule has 4 nitrogen and oxygen atoms in total. The number of sulfonamides is 1. The van der Waals surface area contributed by atoms with E-state index >= 15 is 0 Å². The summed E-state index contributed by atoms with van der Waals surface area (Å²) in [7, 11) is -3.17. The van der Waals surface area contributed by atoms with Crippen molar-refractivity contribution in [2.24, 2.45) is 5.92 Å². The van der Waals surface area contributed by atoms with Gasteiger partial charge in [0.1, 0.15) is 0 Å². The van der Waals surface area contributed by atoms with Gasteiger partial charge in [0.05, 0.1) is 17.9 Å². The zero-order chi connectivity index (χ0) is 15.6. The first-order valence-electron chi connectivity index (χ1n) is 8.25. The zero-order valence-electron chi connectivity index (χ0n) is 13.1. The van der Waals surface area contributed by atoms with E-state index < -0.39 is 10.0 Å². The van der Waals surface area contributed by atoms with Gasteiger partial charge in [-0.3, -0.25) is 0 Å². The van der Waals surface area contributed by atoms with Crippen molar-refractivity contribution in [3.8, 4) is 0 Å². The van der Waals surface area contributed by atoms with E-state index in [1.807, 2.05) is 18.2 Å². The van der Waals surface area contributed by atoms with Crippen molar-refractivity contribution in [2.75, 3.05) is 18.9 Å². The third-order valence-corrected chi connectivity index (χ3v) is 6.58. The highest BCUT2D eigenvalue weighted by Crippen LogP contribution is 2.32. The van der Waals surface area contributed by atoms with Gasteiger partial charge >= 0.3 is 0 Å². The molecule has 1 saturated carbocycles. The third-order valence-electron chi connectivity index (χ3n) is 4.69. The molecule has 0 aromatic heterocycles. The lowest BCUT2D eigenvalue weighted by Gasteiger charge is -2.27. The standard InChI is InChI=1S/C17H25NO3S/c1-2-22(19,20)18-11-10-17(21-13-15-8-9-15)16(18)12-14-6-4-3-5-7-14/h3-7,15-17H,2,8-13H2,1H3/t16-,17+/m0/s1. The Labute approximate surface area is 133 Å². The lowest BCUT2D eigenvalue weighted by Crippen LogP contribution is -2.42. The van der Waals surface area contributed by atoms with Crippen LogP contribution in [0.15, 0.2) is 30.3 Å². The van der Waals surface area contributed by atoms with E-state index in [1.165, 1.54) is 18.4 Å². The number of rotatable bonds is 7. The first kappa shape index (κ1) is 16.0. The summed E-state index contributed by atoms with van der Waals surface area (Å²) in [6, 6.07) is 10.1. The van der Waals surface area contributed by atoms with Crippen molar-refractivity contribution >= 4 is 10.0 Å². The van der Waals surface area contributed by atoms with Crippen LogP contribution in [0.25, 0.3) is 0 Å². The summed E-state index contributed by atoms with van der Waals surface area (Å²) in [6.07, 6.45) is 4.08. The van der Waals surface area contributed by atoms with Gasteiger partial charge in [0.2, 0.25) is 10.0 Å². The summed E-state index contributed by atoms with van der Waals surface area (Å²) in [4.78, 5) is 0. The highest BCUT2D eigenvalue weighted by Gasteiger charge is 2.41. The van der Waals surface area contributed by atoms with Crippen LogP contribution in [0.4, 0.5) is 0 Å². The maximum absolute atomic E-state index is 12.4. The highest BCUT2D eigenvalue weighted by atomic mass is 32.2. The van der Waals surface area contributed by atoms with Gasteiger partial charge in [-0.15, -0.1) is 0 Å².